The summed E-state index contributed by atoms with van der Waals surface area (Å²) >= 11 is 0. The summed E-state index contributed by atoms with van der Waals surface area (Å²) in [6.45, 7) is 3.91. The third-order valence-corrected chi connectivity index (χ3v) is 5.32. The van der Waals surface area contributed by atoms with Gasteiger partial charge in [-0.2, -0.15) is 0 Å². The lowest BCUT2D eigenvalue weighted by molar-refractivity contribution is -0.132. The molecule has 0 aromatic carbocycles. The number of hydrogen-bond donors (Lipinski definition) is 0. The van der Waals surface area contributed by atoms with Crippen molar-refractivity contribution < 1.29 is 18.7 Å². The lowest BCUT2D eigenvalue weighted by atomic mass is 10.00. The molecule has 2 amide bonds. The van der Waals surface area contributed by atoms with E-state index in [1.165, 1.54) is 0 Å². The van der Waals surface area contributed by atoms with E-state index >= 15 is 0 Å². The number of amides is 2. The third kappa shape index (κ3) is 2.36. The molecule has 3 atom stereocenters. The number of rotatable bonds is 2. The van der Waals surface area contributed by atoms with Gasteiger partial charge in [-0.3, -0.25) is 9.59 Å². The maximum atomic E-state index is 12.9. The van der Waals surface area contributed by atoms with Gasteiger partial charge in [0.25, 0.3) is 5.91 Å². The van der Waals surface area contributed by atoms with Crippen LogP contribution in [0.2, 0.25) is 0 Å². The number of carbonyl (C=O) groups excluding carboxylic acids is 2. The number of furan rings is 1. The average molecular weight is 318 g/mol. The summed E-state index contributed by atoms with van der Waals surface area (Å²) < 4.78 is 11.4. The van der Waals surface area contributed by atoms with Gasteiger partial charge < -0.3 is 19.0 Å². The molecule has 23 heavy (non-hydrogen) atoms. The highest BCUT2D eigenvalue weighted by molar-refractivity contribution is 5.93. The quantitative estimate of drug-likeness (QED) is 0.830. The maximum absolute atomic E-state index is 12.9. The van der Waals surface area contributed by atoms with Gasteiger partial charge in [-0.05, 0) is 32.3 Å². The fourth-order valence-corrected chi connectivity index (χ4v) is 4.18. The molecule has 0 spiro atoms. The molecule has 6 heteroatoms. The predicted octanol–water partition coefficient (Wildman–Crippen LogP) is 1.58. The van der Waals surface area contributed by atoms with Gasteiger partial charge in [-0.25, -0.2) is 0 Å². The molecule has 0 radical (unpaired) electrons. The summed E-state index contributed by atoms with van der Waals surface area (Å²) in [6, 6.07) is 1.83. The van der Waals surface area contributed by atoms with Crippen LogP contribution in [0, 0.1) is 6.92 Å². The molecule has 6 nitrogen and oxygen atoms in total. The van der Waals surface area contributed by atoms with Crippen molar-refractivity contribution in [3.8, 4) is 0 Å². The summed E-state index contributed by atoms with van der Waals surface area (Å²) in [4.78, 5) is 28.8. The van der Waals surface area contributed by atoms with Gasteiger partial charge in [0.1, 0.15) is 0 Å². The first-order valence-electron chi connectivity index (χ1n) is 8.43. The molecule has 0 unspecified atom stereocenters. The van der Waals surface area contributed by atoms with Crippen molar-refractivity contribution in [2.45, 2.75) is 50.8 Å². The van der Waals surface area contributed by atoms with E-state index in [4.69, 9.17) is 9.15 Å². The Morgan fingerprint density at radius 2 is 2.17 bits per heavy atom. The second-order valence-electron chi connectivity index (χ2n) is 6.69. The van der Waals surface area contributed by atoms with Gasteiger partial charge in [0.05, 0.1) is 24.5 Å². The molecule has 0 bridgehead atoms. The minimum atomic E-state index is -0.0813. The number of ether oxygens (including phenoxy) is 1. The summed E-state index contributed by atoms with van der Waals surface area (Å²) in [5.41, 5.74) is 0.851. The fraction of sp³-hybridized carbons (Fsp3) is 0.647. The number of aryl methyl sites for hydroxylation is 1. The van der Waals surface area contributed by atoms with E-state index in [2.05, 4.69) is 0 Å². The van der Waals surface area contributed by atoms with Crippen molar-refractivity contribution in [3.05, 3.63) is 23.7 Å². The second-order valence-corrected chi connectivity index (χ2v) is 6.69. The highest BCUT2D eigenvalue weighted by Crippen LogP contribution is 2.34. The van der Waals surface area contributed by atoms with E-state index in [1.54, 1.807) is 12.3 Å². The summed E-state index contributed by atoms with van der Waals surface area (Å²) in [7, 11) is 0. The van der Waals surface area contributed by atoms with E-state index in [9.17, 15) is 9.59 Å². The zero-order chi connectivity index (χ0) is 16.0. The van der Waals surface area contributed by atoms with E-state index in [-0.39, 0.29) is 30.0 Å². The number of likely N-dealkylation sites (tertiary alicyclic amines) is 2. The Balaban J connectivity index is 1.61. The van der Waals surface area contributed by atoms with Gasteiger partial charge in [-0.1, -0.05) is 0 Å². The zero-order valence-electron chi connectivity index (χ0n) is 13.4. The number of fused-ring (bicyclic) bond motifs is 1. The van der Waals surface area contributed by atoms with Crippen molar-refractivity contribution >= 4 is 11.8 Å². The highest BCUT2D eigenvalue weighted by Gasteiger charge is 2.50. The van der Waals surface area contributed by atoms with Gasteiger partial charge in [0.15, 0.2) is 5.76 Å². The standard InChI is InChI=1S/C17H22N2O4/c1-11-6-9-23-15(11)17(21)19-10-13(18-7-2-5-14(18)20)16-12(19)4-3-8-22-16/h6,9,12-13,16H,2-5,7-8,10H2,1H3/t12-,13-,16+/m0/s1. The van der Waals surface area contributed by atoms with Crippen LogP contribution in [0.3, 0.4) is 0 Å². The van der Waals surface area contributed by atoms with Gasteiger partial charge >= 0.3 is 0 Å². The Labute approximate surface area is 135 Å². The molecule has 3 fully saturated rings. The predicted molar refractivity (Wildman–Crippen MR) is 82.0 cm³/mol. The number of nitrogens with zero attached hydrogens (tertiary/aromatic N) is 2. The maximum Gasteiger partial charge on any atom is 0.290 e. The van der Waals surface area contributed by atoms with Crippen molar-refractivity contribution in [2.24, 2.45) is 0 Å². The normalized spacial score (nSPS) is 30.8. The SMILES string of the molecule is Cc1ccoc1C(=O)N1C[C@H](N2CCCC2=O)[C@@H]2OCCC[C@@H]21. The average Bonchev–Trinajstić information content (AvgIpc) is 3.25. The highest BCUT2D eigenvalue weighted by atomic mass is 16.5. The first kappa shape index (κ1) is 14.8. The van der Waals surface area contributed by atoms with Gasteiger partial charge in [-0.15, -0.1) is 0 Å². The molecule has 0 saturated carbocycles. The largest absolute Gasteiger partial charge is 0.459 e. The molecule has 3 saturated heterocycles. The van der Waals surface area contributed by atoms with Crippen LogP contribution in [0.25, 0.3) is 0 Å². The summed E-state index contributed by atoms with van der Waals surface area (Å²) in [6.07, 6.45) is 4.87. The van der Waals surface area contributed by atoms with Gasteiger partial charge in [0.2, 0.25) is 5.91 Å². The molecule has 4 rings (SSSR count). The first-order valence-corrected chi connectivity index (χ1v) is 8.43. The molecule has 0 aliphatic carbocycles. The zero-order valence-corrected chi connectivity index (χ0v) is 13.4. The van der Waals surface area contributed by atoms with Crippen LogP contribution in [0.15, 0.2) is 16.7 Å². The fourth-order valence-electron chi connectivity index (χ4n) is 4.18. The summed E-state index contributed by atoms with van der Waals surface area (Å²) in [5, 5.41) is 0. The molecule has 1 aromatic rings. The van der Waals surface area contributed by atoms with Crippen molar-refractivity contribution in [1.29, 1.82) is 0 Å². The van der Waals surface area contributed by atoms with Crippen LogP contribution in [-0.4, -0.2) is 59.5 Å². The van der Waals surface area contributed by atoms with Crippen molar-refractivity contribution in [1.82, 2.24) is 9.80 Å². The Bertz CT molecular complexity index is 626. The Kier molecular flexibility index (Phi) is 3.64. The molecular weight excluding hydrogens is 296 g/mol. The lowest BCUT2D eigenvalue weighted by Gasteiger charge is -2.34. The van der Waals surface area contributed by atoms with Crippen LogP contribution in [-0.2, 0) is 9.53 Å². The van der Waals surface area contributed by atoms with E-state index in [0.29, 0.717) is 25.3 Å². The van der Waals surface area contributed by atoms with Crippen LogP contribution >= 0.6 is 0 Å². The molecule has 1 aromatic heterocycles. The molecule has 4 heterocycles. The first-order chi connectivity index (χ1) is 11.2. The van der Waals surface area contributed by atoms with Crippen LogP contribution in [0.1, 0.15) is 41.8 Å². The third-order valence-electron chi connectivity index (χ3n) is 5.32. The smallest absolute Gasteiger partial charge is 0.290 e. The van der Waals surface area contributed by atoms with Crippen molar-refractivity contribution in [2.75, 3.05) is 19.7 Å². The van der Waals surface area contributed by atoms with Crippen LogP contribution < -0.4 is 0 Å². The Morgan fingerprint density at radius 1 is 1.30 bits per heavy atom. The molecule has 3 aliphatic heterocycles. The topological polar surface area (TPSA) is 63.0 Å². The van der Waals surface area contributed by atoms with Crippen molar-refractivity contribution in [3.63, 3.8) is 0 Å². The van der Waals surface area contributed by atoms with E-state index < -0.39 is 0 Å². The minimum absolute atomic E-state index is 0.0190. The van der Waals surface area contributed by atoms with E-state index in [1.807, 2.05) is 16.7 Å². The second kappa shape index (κ2) is 5.67. The lowest BCUT2D eigenvalue weighted by Crippen LogP contribution is -2.48. The number of carbonyl (C=O) groups is 2. The molecule has 124 valence electrons. The van der Waals surface area contributed by atoms with Crippen LogP contribution in [0.4, 0.5) is 0 Å². The monoisotopic (exact) mass is 318 g/mol. The molecule has 3 aliphatic rings. The van der Waals surface area contributed by atoms with Gasteiger partial charge in [0, 0.05) is 31.7 Å². The Hall–Kier alpha value is -1.82. The van der Waals surface area contributed by atoms with E-state index in [0.717, 1.165) is 31.4 Å². The molecule has 0 N–H and O–H groups in total. The summed E-state index contributed by atoms with van der Waals surface area (Å²) in [5.74, 6) is 0.510. The number of hydrogen-bond acceptors (Lipinski definition) is 4. The van der Waals surface area contributed by atoms with Crippen LogP contribution in [0.5, 0.6) is 0 Å². The minimum Gasteiger partial charge on any atom is -0.459 e. The Morgan fingerprint density at radius 3 is 2.87 bits per heavy atom. The molecular formula is C17H22N2O4.